The molecule has 0 aliphatic carbocycles. The predicted octanol–water partition coefficient (Wildman–Crippen LogP) is 1.73. The summed E-state index contributed by atoms with van der Waals surface area (Å²) in [6, 6.07) is 8.02. The summed E-state index contributed by atoms with van der Waals surface area (Å²) in [6.07, 6.45) is 1.28. The van der Waals surface area contributed by atoms with Crippen molar-refractivity contribution in [2.45, 2.75) is 31.1 Å². The predicted molar refractivity (Wildman–Crippen MR) is 108 cm³/mol. The summed E-state index contributed by atoms with van der Waals surface area (Å²) in [6.45, 7) is 6.13. The molecule has 148 valence electrons. The smallest absolute Gasteiger partial charge is 0.280 e. The van der Waals surface area contributed by atoms with Gasteiger partial charge in [-0.1, -0.05) is 32.9 Å². The molecule has 0 radical (unpaired) electrons. The zero-order chi connectivity index (χ0) is 20.9. The highest BCUT2D eigenvalue weighted by Crippen LogP contribution is 2.24. The molecular weight excluding hydrogens is 380 g/mol. The molecular formula is C19H22N4O4S. The van der Waals surface area contributed by atoms with Crippen LogP contribution in [0.25, 0.3) is 11.0 Å². The van der Waals surface area contributed by atoms with Crippen LogP contribution in [0.5, 0.6) is 0 Å². The van der Waals surface area contributed by atoms with Gasteiger partial charge in [-0.25, -0.2) is 18.2 Å². The third-order valence-electron chi connectivity index (χ3n) is 4.58. The third kappa shape index (κ3) is 3.45. The van der Waals surface area contributed by atoms with Crippen LogP contribution >= 0.6 is 0 Å². The number of hydrogen-bond donors (Lipinski definition) is 1. The minimum Gasteiger partial charge on any atom is -0.280 e. The first-order valence-electron chi connectivity index (χ1n) is 8.61. The largest absolute Gasteiger partial charge is 0.332 e. The molecule has 0 amide bonds. The summed E-state index contributed by atoms with van der Waals surface area (Å²) in [5, 5.41) is 0.146. The summed E-state index contributed by atoms with van der Waals surface area (Å²) in [4.78, 5) is 28.5. The lowest BCUT2D eigenvalue weighted by molar-refractivity contribution is 0.587. The van der Waals surface area contributed by atoms with Gasteiger partial charge >= 0.3 is 5.69 Å². The minimum atomic E-state index is -3.85. The SMILES string of the molecule is Cn1c(=O)c2cc(NS(=O)(=O)c3ccc(C(C)(C)C)cc3)cnc2n(C)c1=O. The highest BCUT2D eigenvalue weighted by molar-refractivity contribution is 7.92. The molecule has 1 aromatic carbocycles. The van der Waals surface area contributed by atoms with E-state index in [2.05, 4.69) is 9.71 Å². The Balaban J connectivity index is 2.02. The molecule has 0 spiro atoms. The molecule has 2 heterocycles. The number of nitrogens with one attached hydrogen (secondary N) is 1. The molecule has 1 N–H and O–H groups in total. The lowest BCUT2D eigenvalue weighted by Gasteiger charge is -2.19. The Morgan fingerprint density at radius 2 is 1.61 bits per heavy atom. The molecule has 9 heteroatoms. The van der Waals surface area contributed by atoms with Crippen LogP contribution in [-0.4, -0.2) is 22.5 Å². The molecule has 28 heavy (non-hydrogen) atoms. The molecule has 0 saturated heterocycles. The number of sulfonamides is 1. The van der Waals surface area contributed by atoms with Gasteiger partial charge < -0.3 is 0 Å². The normalized spacial score (nSPS) is 12.3. The van der Waals surface area contributed by atoms with Crippen LogP contribution in [0.4, 0.5) is 5.69 Å². The standard InChI is InChI=1S/C19H22N4O4S/c1-19(2,3)12-6-8-14(9-7-12)28(26,27)21-13-10-15-16(20-11-13)22(4)18(25)23(5)17(15)24/h6-11,21H,1-5H3. The van der Waals surface area contributed by atoms with E-state index >= 15 is 0 Å². The van der Waals surface area contributed by atoms with E-state index in [0.29, 0.717) is 0 Å². The number of aryl methyl sites for hydroxylation is 1. The van der Waals surface area contributed by atoms with Crippen LogP contribution in [0.2, 0.25) is 0 Å². The molecule has 0 bridgehead atoms. The quantitative estimate of drug-likeness (QED) is 0.719. The van der Waals surface area contributed by atoms with E-state index in [9.17, 15) is 18.0 Å². The fourth-order valence-corrected chi connectivity index (χ4v) is 3.90. The molecule has 2 aromatic heterocycles. The van der Waals surface area contributed by atoms with Crippen LogP contribution in [0, 0.1) is 0 Å². The number of fused-ring (bicyclic) bond motifs is 1. The van der Waals surface area contributed by atoms with Crippen molar-refractivity contribution in [1.29, 1.82) is 0 Å². The van der Waals surface area contributed by atoms with Crippen molar-refractivity contribution in [3.63, 3.8) is 0 Å². The van der Waals surface area contributed by atoms with Crippen LogP contribution in [-0.2, 0) is 29.5 Å². The maximum atomic E-state index is 12.7. The highest BCUT2D eigenvalue weighted by atomic mass is 32.2. The van der Waals surface area contributed by atoms with Crippen LogP contribution in [0.1, 0.15) is 26.3 Å². The monoisotopic (exact) mass is 402 g/mol. The fraction of sp³-hybridized carbons (Fsp3) is 0.316. The van der Waals surface area contributed by atoms with Crippen molar-refractivity contribution in [3.8, 4) is 0 Å². The molecule has 3 rings (SSSR count). The molecule has 8 nitrogen and oxygen atoms in total. The summed E-state index contributed by atoms with van der Waals surface area (Å²) in [5.41, 5.74) is 0.212. The van der Waals surface area contributed by atoms with Gasteiger partial charge in [0.25, 0.3) is 15.6 Å². The lowest BCUT2D eigenvalue weighted by Crippen LogP contribution is -2.37. The van der Waals surface area contributed by atoms with Gasteiger partial charge in [-0.15, -0.1) is 0 Å². The second-order valence-electron chi connectivity index (χ2n) is 7.68. The zero-order valence-electron chi connectivity index (χ0n) is 16.3. The van der Waals surface area contributed by atoms with Crippen LogP contribution < -0.4 is 16.0 Å². The van der Waals surface area contributed by atoms with Gasteiger partial charge in [-0.3, -0.25) is 18.7 Å². The molecule has 0 aliphatic heterocycles. The van der Waals surface area contributed by atoms with Gasteiger partial charge in [0.1, 0.15) is 5.65 Å². The van der Waals surface area contributed by atoms with E-state index in [4.69, 9.17) is 0 Å². The van der Waals surface area contributed by atoms with Crippen molar-refractivity contribution < 1.29 is 8.42 Å². The molecule has 0 fully saturated rings. The Morgan fingerprint density at radius 1 is 1.00 bits per heavy atom. The summed E-state index contributed by atoms with van der Waals surface area (Å²) >= 11 is 0. The second-order valence-corrected chi connectivity index (χ2v) is 9.36. The first kappa shape index (κ1) is 19.8. The average Bonchev–Trinajstić information content (AvgIpc) is 2.63. The van der Waals surface area contributed by atoms with Crippen molar-refractivity contribution in [2.75, 3.05) is 4.72 Å². The van der Waals surface area contributed by atoms with E-state index < -0.39 is 21.3 Å². The van der Waals surface area contributed by atoms with Crippen molar-refractivity contribution in [1.82, 2.24) is 14.1 Å². The Hall–Kier alpha value is -2.94. The van der Waals surface area contributed by atoms with Crippen LogP contribution in [0.15, 0.2) is 51.0 Å². The highest BCUT2D eigenvalue weighted by Gasteiger charge is 2.19. The molecule has 3 aromatic rings. The van der Waals surface area contributed by atoms with E-state index in [-0.39, 0.29) is 27.0 Å². The molecule has 0 aliphatic rings. The first-order chi connectivity index (χ1) is 12.9. The fourth-order valence-electron chi connectivity index (χ4n) is 2.87. The second kappa shape index (κ2) is 6.59. The number of pyridine rings is 1. The van der Waals surface area contributed by atoms with Crippen molar-refractivity contribution in [2.24, 2.45) is 14.1 Å². The zero-order valence-corrected chi connectivity index (χ0v) is 17.2. The van der Waals surface area contributed by atoms with Gasteiger partial charge in [-0.05, 0) is 29.2 Å². The van der Waals surface area contributed by atoms with E-state index in [1.165, 1.54) is 30.9 Å². The number of benzene rings is 1. The minimum absolute atomic E-state index is 0.0893. The number of hydrogen-bond acceptors (Lipinski definition) is 5. The lowest BCUT2D eigenvalue weighted by atomic mass is 9.87. The van der Waals surface area contributed by atoms with Crippen LogP contribution in [0.3, 0.4) is 0 Å². The molecule has 0 atom stereocenters. The Kier molecular flexibility index (Phi) is 4.66. The first-order valence-corrected chi connectivity index (χ1v) is 10.1. The molecule has 0 unspecified atom stereocenters. The average molecular weight is 402 g/mol. The number of aromatic nitrogens is 3. The van der Waals surface area contributed by atoms with E-state index in [1.807, 2.05) is 20.8 Å². The maximum absolute atomic E-state index is 12.7. The van der Waals surface area contributed by atoms with Crippen molar-refractivity contribution >= 4 is 26.7 Å². The number of nitrogens with zero attached hydrogens (tertiary/aromatic N) is 3. The van der Waals surface area contributed by atoms with E-state index in [1.54, 1.807) is 24.3 Å². The van der Waals surface area contributed by atoms with Gasteiger partial charge in [0, 0.05) is 14.1 Å². The summed E-state index contributed by atoms with van der Waals surface area (Å²) < 4.78 is 30.0. The Bertz CT molecular complexity index is 1280. The number of anilines is 1. The van der Waals surface area contributed by atoms with Gasteiger partial charge in [0.05, 0.1) is 22.2 Å². The van der Waals surface area contributed by atoms with Gasteiger partial charge in [-0.2, -0.15) is 0 Å². The Labute approximate surface area is 162 Å². The maximum Gasteiger partial charge on any atom is 0.332 e. The topological polar surface area (TPSA) is 103 Å². The summed E-state index contributed by atoms with van der Waals surface area (Å²) in [7, 11) is -0.996. The Morgan fingerprint density at radius 3 is 2.18 bits per heavy atom. The van der Waals surface area contributed by atoms with Gasteiger partial charge in [0.15, 0.2) is 0 Å². The molecule has 0 saturated carbocycles. The third-order valence-corrected chi connectivity index (χ3v) is 5.97. The van der Waals surface area contributed by atoms with E-state index in [0.717, 1.165) is 10.1 Å². The van der Waals surface area contributed by atoms with Gasteiger partial charge in [0.2, 0.25) is 0 Å². The number of rotatable bonds is 3. The van der Waals surface area contributed by atoms with Crippen molar-refractivity contribution in [3.05, 3.63) is 62.9 Å². The summed E-state index contributed by atoms with van der Waals surface area (Å²) in [5.74, 6) is 0.